The van der Waals surface area contributed by atoms with E-state index in [0.717, 1.165) is 22.7 Å². The van der Waals surface area contributed by atoms with E-state index in [-0.39, 0.29) is 12.0 Å². The molecule has 2 rings (SSSR count). The summed E-state index contributed by atoms with van der Waals surface area (Å²) in [5, 5.41) is 7.62. The molecule has 0 aliphatic heterocycles. The summed E-state index contributed by atoms with van der Waals surface area (Å²) in [6.07, 6.45) is 1.74. The van der Waals surface area contributed by atoms with Crippen LogP contribution < -0.4 is 10.6 Å². The summed E-state index contributed by atoms with van der Waals surface area (Å²) >= 11 is 6.89. The fourth-order valence-electron chi connectivity index (χ4n) is 2.24. The van der Waals surface area contributed by atoms with Crippen molar-refractivity contribution in [1.82, 2.24) is 5.32 Å². The van der Waals surface area contributed by atoms with E-state index in [1.54, 1.807) is 6.92 Å². The van der Waals surface area contributed by atoms with Gasteiger partial charge in [0.1, 0.15) is 5.00 Å². The molecule has 0 radical (unpaired) electrons. The molecule has 0 aliphatic carbocycles. The molecule has 1 atom stereocenters. The molecule has 25 heavy (non-hydrogen) atoms. The number of anilines is 1. The summed E-state index contributed by atoms with van der Waals surface area (Å²) in [5.41, 5.74) is 1.73. The van der Waals surface area contributed by atoms with Crippen LogP contribution in [0, 0.1) is 0 Å². The molecule has 0 fully saturated rings. The average molecular weight is 377 g/mol. The number of esters is 1. The van der Waals surface area contributed by atoms with E-state index >= 15 is 0 Å². The van der Waals surface area contributed by atoms with Crippen molar-refractivity contribution in [3.63, 3.8) is 0 Å². The lowest BCUT2D eigenvalue weighted by atomic mass is 10.1. The zero-order chi connectivity index (χ0) is 18.2. The summed E-state index contributed by atoms with van der Waals surface area (Å²) in [5.74, 6) is -0.327. The van der Waals surface area contributed by atoms with Crippen LogP contribution in [0.15, 0.2) is 36.4 Å². The molecule has 0 amide bonds. The van der Waals surface area contributed by atoms with Crippen molar-refractivity contribution in [2.75, 3.05) is 11.9 Å². The van der Waals surface area contributed by atoms with E-state index in [2.05, 4.69) is 36.6 Å². The molecule has 0 bridgehead atoms. The third-order valence-corrected chi connectivity index (χ3v) is 4.99. The Morgan fingerprint density at radius 2 is 2.00 bits per heavy atom. The maximum atomic E-state index is 12.3. The van der Waals surface area contributed by atoms with E-state index in [9.17, 15) is 4.79 Å². The van der Waals surface area contributed by atoms with Gasteiger partial charge in [-0.2, -0.15) is 0 Å². The number of ether oxygens (including phenoxy) is 1. The number of benzene rings is 1. The number of carbonyl (C=O) groups is 1. The first kappa shape index (κ1) is 19.4. The van der Waals surface area contributed by atoms with Gasteiger partial charge in [-0.05, 0) is 44.1 Å². The molecule has 0 aliphatic rings. The third-order valence-electron chi connectivity index (χ3n) is 3.72. The van der Waals surface area contributed by atoms with Gasteiger partial charge in [0.2, 0.25) is 0 Å². The monoisotopic (exact) mass is 376 g/mol. The first-order valence-electron chi connectivity index (χ1n) is 8.44. The Hall–Kier alpha value is -1.92. The molecule has 0 spiro atoms. The van der Waals surface area contributed by atoms with Gasteiger partial charge in [-0.25, -0.2) is 4.79 Å². The maximum Gasteiger partial charge on any atom is 0.341 e. The van der Waals surface area contributed by atoms with Gasteiger partial charge < -0.3 is 15.4 Å². The molecule has 2 aromatic rings. The SMILES string of the molecule is CCOC(=O)c1cc(Cc2ccccc2)sc1NC(=S)NC(C)CC. The zero-order valence-corrected chi connectivity index (χ0v) is 16.4. The third kappa shape index (κ3) is 5.83. The standard InChI is InChI=1S/C19H24N2O2S2/c1-4-13(3)20-19(24)21-17-16(18(22)23-5-2)12-15(25-17)11-14-9-7-6-8-10-14/h6-10,12-13H,4-5,11H2,1-3H3,(H2,20,21,24). The molecule has 4 nitrogen and oxygen atoms in total. The summed E-state index contributed by atoms with van der Waals surface area (Å²) in [4.78, 5) is 13.4. The highest BCUT2D eigenvalue weighted by molar-refractivity contribution is 7.80. The second kappa shape index (κ2) is 9.53. The number of thiophene rings is 1. The molecule has 1 aromatic carbocycles. The number of carbonyl (C=O) groups excluding carboxylic acids is 1. The van der Waals surface area contributed by atoms with E-state index in [1.807, 2.05) is 24.3 Å². The van der Waals surface area contributed by atoms with E-state index < -0.39 is 0 Å². The van der Waals surface area contributed by atoms with Crippen molar-refractivity contribution < 1.29 is 9.53 Å². The molecule has 6 heteroatoms. The predicted molar refractivity (Wildman–Crippen MR) is 109 cm³/mol. The molecular formula is C19H24N2O2S2. The van der Waals surface area contributed by atoms with Gasteiger partial charge in [-0.3, -0.25) is 0 Å². The van der Waals surface area contributed by atoms with Gasteiger partial charge in [0, 0.05) is 17.3 Å². The Morgan fingerprint density at radius 1 is 1.28 bits per heavy atom. The Balaban J connectivity index is 2.20. The van der Waals surface area contributed by atoms with Crippen LogP contribution in [0.4, 0.5) is 5.00 Å². The van der Waals surface area contributed by atoms with Gasteiger partial charge in [-0.1, -0.05) is 37.3 Å². The first-order valence-corrected chi connectivity index (χ1v) is 9.67. The predicted octanol–water partition coefficient (Wildman–Crippen LogP) is 4.60. The van der Waals surface area contributed by atoms with Crippen molar-refractivity contribution in [3.05, 3.63) is 52.4 Å². The number of rotatable bonds is 7. The molecule has 0 saturated carbocycles. The summed E-state index contributed by atoms with van der Waals surface area (Å²) in [7, 11) is 0. The largest absolute Gasteiger partial charge is 0.462 e. The zero-order valence-electron chi connectivity index (χ0n) is 14.8. The summed E-state index contributed by atoms with van der Waals surface area (Å²) < 4.78 is 5.18. The van der Waals surface area contributed by atoms with Crippen molar-refractivity contribution in [2.45, 2.75) is 39.7 Å². The van der Waals surface area contributed by atoms with Gasteiger partial charge in [0.05, 0.1) is 12.2 Å². The van der Waals surface area contributed by atoms with E-state index in [4.69, 9.17) is 17.0 Å². The minimum Gasteiger partial charge on any atom is -0.462 e. The molecule has 1 heterocycles. The minimum atomic E-state index is -0.327. The van der Waals surface area contributed by atoms with E-state index in [0.29, 0.717) is 17.3 Å². The van der Waals surface area contributed by atoms with Crippen molar-refractivity contribution in [3.8, 4) is 0 Å². The minimum absolute atomic E-state index is 0.273. The van der Waals surface area contributed by atoms with Crippen LogP contribution in [0.3, 0.4) is 0 Å². The van der Waals surface area contributed by atoms with Gasteiger partial charge in [0.15, 0.2) is 5.11 Å². The molecule has 1 unspecified atom stereocenters. The Kier molecular flexibility index (Phi) is 7.40. The highest BCUT2D eigenvalue weighted by Crippen LogP contribution is 2.30. The number of nitrogens with one attached hydrogen (secondary N) is 2. The van der Waals surface area contributed by atoms with Crippen LogP contribution in [-0.4, -0.2) is 23.7 Å². The van der Waals surface area contributed by atoms with Crippen LogP contribution >= 0.6 is 23.6 Å². The summed E-state index contributed by atoms with van der Waals surface area (Å²) in [6, 6.07) is 12.3. The summed E-state index contributed by atoms with van der Waals surface area (Å²) in [6.45, 7) is 6.30. The highest BCUT2D eigenvalue weighted by atomic mass is 32.1. The lowest BCUT2D eigenvalue weighted by Crippen LogP contribution is -2.35. The first-order chi connectivity index (χ1) is 12.0. The van der Waals surface area contributed by atoms with Crippen molar-refractivity contribution >= 4 is 39.6 Å². The lowest BCUT2D eigenvalue weighted by molar-refractivity contribution is 0.0528. The second-order valence-electron chi connectivity index (χ2n) is 5.75. The number of thiocarbonyl (C=S) groups is 1. The van der Waals surface area contributed by atoms with Crippen LogP contribution in [0.5, 0.6) is 0 Å². The van der Waals surface area contributed by atoms with Crippen molar-refractivity contribution in [2.24, 2.45) is 0 Å². The van der Waals surface area contributed by atoms with Crippen molar-refractivity contribution in [1.29, 1.82) is 0 Å². The Morgan fingerprint density at radius 3 is 2.64 bits per heavy atom. The molecule has 1 aromatic heterocycles. The van der Waals surface area contributed by atoms with Crippen LogP contribution in [0.25, 0.3) is 0 Å². The average Bonchev–Trinajstić information content (AvgIpc) is 2.98. The molecule has 0 saturated heterocycles. The van der Waals surface area contributed by atoms with Gasteiger partial charge >= 0.3 is 5.97 Å². The number of hydrogen-bond donors (Lipinski definition) is 2. The molecule has 134 valence electrons. The molecule has 2 N–H and O–H groups in total. The van der Waals surface area contributed by atoms with Crippen LogP contribution in [0.1, 0.15) is 48.0 Å². The lowest BCUT2D eigenvalue weighted by Gasteiger charge is -2.15. The Labute approximate surface area is 158 Å². The Bertz CT molecular complexity index is 713. The topological polar surface area (TPSA) is 50.4 Å². The fraction of sp³-hybridized carbons (Fsp3) is 0.368. The van der Waals surface area contributed by atoms with Gasteiger partial charge in [-0.15, -0.1) is 11.3 Å². The quantitative estimate of drug-likeness (QED) is 0.546. The van der Waals surface area contributed by atoms with Crippen LogP contribution in [0.2, 0.25) is 0 Å². The second-order valence-corrected chi connectivity index (χ2v) is 7.29. The fourth-order valence-corrected chi connectivity index (χ4v) is 3.70. The van der Waals surface area contributed by atoms with E-state index in [1.165, 1.54) is 16.9 Å². The number of hydrogen-bond acceptors (Lipinski definition) is 4. The van der Waals surface area contributed by atoms with Crippen LogP contribution in [-0.2, 0) is 11.2 Å². The molecular weight excluding hydrogens is 352 g/mol. The van der Waals surface area contributed by atoms with Gasteiger partial charge in [0.25, 0.3) is 0 Å². The highest BCUT2D eigenvalue weighted by Gasteiger charge is 2.18. The smallest absolute Gasteiger partial charge is 0.341 e. The maximum absolute atomic E-state index is 12.3. The normalized spacial score (nSPS) is 11.6.